The summed E-state index contributed by atoms with van der Waals surface area (Å²) in [7, 11) is 1.74. The molecule has 2 aliphatic heterocycles. The summed E-state index contributed by atoms with van der Waals surface area (Å²) in [4.78, 5) is 46.6. The van der Waals surface area contributed by atoms with Crippen molar-refractivity contribution in [1.29, 1.82) is 0 Å². The minimum Gasteiger partial charge on any atom is -0.618 e. The summed E-state index contributed by atoms with van der Waals surface area (Å²) in [6.45, 7) is 15.9. The van der Waals surface area contributed by atoms with E-state index in [-0.39, 0.29) is 17.2 Å². The Labute approximate surface area is 274 Å². The Kier molecular flexibility index (Phi) is 9.44. The van der Waals surface area contributed by atoms with Crippen LogP contribution in [-0.4, -0.2) is 84.5 Å². The first kappa shape index (κ1) is 33.4. The lowest BCUT2D eigenvalue weighted by molar-refractivity contribution is -0.614. The van der Waals surface area contributed by atoms with Crippen molar-refractivity contribution in [3.8, 4) is 11.1 Å². The van der Waals surface area contributed by atoms with E-state index in [1.165, 1.54) is 11.3 Å². The molecule has 2 aromatic heterocycles. The maximum atomic E-state index is 13.9. The normalized spacial score (nSPS) is 17.2. The number of hydrogen-bond acceptors (Lipinski definition) is 7. The maximum absolute atomic E-state index is 13.9. The molecule has 0 spiro atoms. The van der Waals surface area contributed by atoms with Crippen molar-refractivity contribution >= 4 is 39.9 Å². The zero-order valence-corrected chi connectivity index (χ0v) is 28.5. The van der Waals surface area contributed by atoms with Gasteiger partial charge in [0.15, 0.2) is 6.20 Å². The Morgan fingerprint density at radius 2 is 1.76 bits per heavy atom. The topological polar surface area (TPSA) is 121 Å². The van der Waals surface area contributed by atoms with Crippen LogP contribution in [0.15, 0.2) is 42.6 Å². The number of pyridine rings is 1. The van der Waals surface area contributed by atoms with Crippen LogP contribution in [0.25, 0.3) is 11.1 Å². The molecule has 2 fully saturated rings. The van der Waals surface area contributed by atoms with E-state index in [0.29, 0.717) is 54.8 Å². The smallest absolute Gasteiger partial charge is 0.324 e. The Bertz CT molecular complexity index is 1640. The third-order valence-electron chi connectivity index (χ3n) is 8.67. The number of urea groups is 1. The second kappa shape index (κ2) is 13.0. The van der Waals surface area contributed by atoms with Crippen molar-refractivity contribution in [2.45, 2.75) is 59.0 Å². The average Bonchev–Trinajstić information content (AvgIpc) is 3.42. The molecule has 4 amide bonds. The molecule has 2 aliphatic rings. The Hall–Kier alpha value is -4.00. The number of nitrogens with one attached hydrogen (secondary N) is 2. The third-order valence-corrected chi connectivity index (χ3v) is 10.1. The molecular weight excluding hydrogens is 604 g/mol. The lowest BCUT2D eigenvalue weighted by Crippen LogP contribution is -2.63. The molecule has 0 atom stereocenters. The standard InChI is InChI=1S/C34H44N6O5S/c1-22-8-10-24(18-26(22)23-9-11-25(40(44)20-23)21-38-14-16-45-17-15-38)35-32(43)36-29-27(19-28(46-29)33(2,3)4)30(41)39-13-12-37(7)31(42)34(39,5)6/h8-11,18-20H,12-17,21H2,1-7H3,(H2,35,36,43). The van der Waals surface area contributed by atoms with Gasteiger partial charge in [-0.1, -0.05) is 26.8 Å². The van der Waals surface area contributed by atoms with Crippen molar-refractivity contribution in [3.63, 3.8) is 0 Å². The van der Waals surface area contributed by atoms with Gasteiger partial charge in [0.2, 0.25) is 11.6 Å². The summed E-state index contributed by atoms with van der Waals surface area (Å²) in [5, 5.41) is 19.2. The van der Waals surface area contributed by atoms with Crippen LogP contribution in [0.1, 0.15) is 61.1 Å². The molecule has 0 unspecified atom stereocenters. The molecule has 0 saturated carbocycles. The van der Waals surface area contributed by atoms with Gasteiger partial charge in [0.1, 0.15) is 10.5 Å². The molecule has 11 nitrogen and oxygen atoms in total. The van der Waals surface area contributed by atoms with Crippen LogP contribution in [0.4, 0.5) is 15.5 Å². The fourth-order valence-corrected chi connectivity index (χ4v) is 6.89. The molecule has 1 aromatic carbocycles. The molecule has 4 heterocycles. The van der Waals surface area contributed by atoms with E-state index < -0.39 is 11.6 Å². The highest BCUT2D eigenvalue weighted by Gasteiger charge is 2.44. The molecule has 46 heavy (non-hydrogen) atoms. The number of likely N-dealkylation sites (N-methyl/N-ethyl adjacent to an activating group) is 1. The summed E-state index contributed by atoms with van der Waals surface area (Å²) in [5.74, 6) is -0.427. The zero-order chi connectivity index (χ0) is 33.4. The number of benzene rings is 1. The van der Waals surface area contributed by atoms with Crippen LogP contribution in [0.3, 0.4) is 0 Å². The summed E-state index contributed by atoms with van der Waals surface area (Å²) >= 11 is 1.35. The number of ether oxygens (including phenoxy) is 1. The number of piperazine rings is 1. The number of morpholine rings is 1. The Balaban J connectivity index is 1.35. The molecule has 246 valence electrons. The van der Waals surface area contributed by atoms with Crippen molar-refractivity contribution in [2.24, 2.45) is 0 Å². The molecule has 12 heteroatoms. The maximum Gasteiger partial charge on any atom is 0.324 e. The number of aromatic nitrogens is 1. The monoisotopic (exact) mass is 648 g/mol. The van der Waals surface area contributed by atoms with Gasteiger partial charge in [0, 0.05) is 55.4 Å². The second-order valence-electron chi connectivity index (χ2n) is 13.6. The SMILES string of the molecule is Cc1ccc(NC(=O)Nc2sc(C(C)(C)C)cc2C(=O)N2CCN(C)C(=O)C2(C)C)cc1-c1ccc(CN2CCOCC2)[n+]([O-])c1. The summed E-state index contributed by atoms with van der Waals surface area (Å²) in [6.07, 6.45) is 1.57. The van der Waals surface area contributed by atoms with Crippen molar-refractivity contribution in [1.82, 2.24) is 14.7 Å². The summed E-state index contributed by atoms with van der Waals surface area (Å²) in [5.41, 5.74) is 2.81. The number of hydrogen-bond donors (Lipinski definition) is 2. The highest BCUT2D eigenvalue weighted by Crippen LogP contribution is 2.38. The first-order valence-electron chi connectivity index (χ1n) is 15.6. The molecule has 0 aliphatic carbocycles. The van der Waals surface area contributed by atoms with Gasteiger partial charge in [-0.2, -0.15) is 4.73 Å². The number of thiophene rings is 1. The van der Waals surface area contributed by atoms with Gasteiger partial charge in [-0.3, -0.25) is 19.8 Å². The lowest BCUT2D eigenvalue weighted by Gasteiger charge is -2.44. The van der Waals surface area contributed by atoms with Crippen molar-refractivity contribution in [3.05, 3.63) is 69.5 Å². The fourth-order valence-electron chi connectivity index (χ4n) is 5.78. The number of rotatable bonds is 6. The van der Waals surface area contributed by atoms with Crippen LogP contribution >= 0.6 is 11.3 Å². The minimum atomic E-state index is -1.02. The minimum absolute atomic E-state index is 0.130. The van der Waals surface area contributed by atoms with Gasteiger partial charge in [-0.25, -0.2) is 4.79 Å². The highest BCUT2D eigenvalue weighted by molar-refractivity contribution is 7.16. The molecule has 5 rings (SSSR count). The average molecular weight is 649 g/mol. The van der Waals surface area contributed by atoms with Crippen molar-refractivity contribution in [2.75, 3.05) is 57.1 Å². The van der Waals surface area contributed by atoms with Gasteiger partial charge < -0.3 is 25.1 Å². The van der Waals surface area contributed by atoms with E-state index in [1.807, 2.05) is 37.3 Å². The van der Waals surface area contributed by atoms with Gasteiger partial charge >= 0.3 is 6.03 Å². The van der Waals surface area contributed by atoms with Crippen LogP contribution in [0, 0.1) is 12.1 Å². The van der Waals surface area contributed by atoms with Gasteiger partial charge in [-0.05, 0) is 61.6 Å². The van der Waals surface area contributed by atoms with E-state index in [1.54, 1.807) is 43.0 Å². The van der Waals surface area contributed by atoms with E-state index >= 15 is 0 Å². The van der Waals surface area contributed by atoms with Gasteiger partial charge in [0.05, 0.1) is 25.3 Å². The molecule has 3 aromatic rings. The number of carbonyl (C=O) groups excluding carboxylic acids is 3. The number of carbonyl (C=O) groups is 3. The first-order chi connectivity index (χ1) is 21.6. The summed E-state index contributed by atoms with van der Waals surface area (Å²) in [6, 6.07) is 10.6. The molecule has 2 saturated heterocycles. The predicted molar refractivity (Wildman–Crippen MR) is 180 cm³/mol. The van der Waals surface area contributed by atoms with Gasteiger partial charge in [0.25, 0.3) is 5.91 Å². The second-order valence-corrected chi connectivity index (χ2v) is 14.6. The quantitative estimate of drug-likeness (QED) is 0.292. The number of amides is 4. The van der Waals surface area contributed by atoms with Crippen LogP contribution < -0.4 is 15.4 Å². The first-order valence-corrected chi connectivity index (χ1v) is 16.4. The Morgan fingerprint density at radius 3 is 2.43 bits per heavy atom. The van der Waals surface area contributed by atoms with Crippen LogP contribution in [0.2, 0.25) is 0 Å². The Morgan fingerprint density at radius 1 is 1.04 bits per heavy atom. The number of aryl methyl sites for hydroxylation is 1. The largest absolute Gasteiger partial charge is 0.618 e. The van der Waals surface area contributed by atoms with E-state index in [2.05, 4.69) is 36.3 Å². The van der Waals surface area contributed by atoms with Crippen molar-refractivity contribution < 1.29 is 23.9 Å². The van der Waals surface area contributed by atoms with Crippen LogP contribution in [0.5, 0.6) is 0 Å². The highest BCUT2D eigenvalue weighted by atomic mass is 32.1. The molecule has 0 radical (unpaired) electrons. The van der Waals surface area contributed by atoms with E-state index in [4.69, 9.17) is 4.74 Å². The molecule has 0 bridgehead atoms. The van der Waals surface area contributed by atoms with E-state index in [0.717, 1.165) is 39.4 Å². The fraction of sp³-hybridized carbons (Fsp3) is 0.471. The zero-order valence-electron chi connectivity index (χ0n) is 27.7. The lowest BCUT2D eigenvalue weighted by atomic mass is 9.93. The summed E-state index contributed by atoms with van der Waals surface area (Å²) < 4.78 is 6.32. The van der Waals surface area contributed by atoms with Gasteiger partial charge in [-0.15, -0.1) is 11.3 Å². The van der Waals surface area contributed by atoms with E-state index in [9.17, 15) is 19.6 Å². The number of anilines is 2. The predicted octanol–water partition coefficient (Wildman–Crippen LogP) is 4.82. The molecule has 2 N–H and O–H groups in total. The molecular formula is C34H44N6O5S. The third kappa shape index (κ3) is 7.03. The van der Waals surface area contributed by atoms with Crippen LogP contribution in [-0.2, 0) is 21.5 Å². The number of nitrogens with zero attached hydrogens (tertiary/aromatic N) is 4.